The molecule has 0 spiro atoms. The number of thioether (sulfide) groups is 1. The minimum atomic E-state index is -0.0547. The average molecular weight is 366 g/mol. The van der Waals surface area contributed by atoms with Crippen LogP contribution < -0.4 is 5.32 Å². The summed E-state index contributed by atoms with van der Waals surface area (Å²) in [6.07, 6.45) is 0.880. The van der Waals surface area contributed by atoms with Crippen LogP contribution in [0.25, 0.3) is 11.4 Å². The number of hydrogen-bond donors (Lipinski definition) is 2. The normalized spacial score (nSPS) is 10.7. The number of H-pyrrole nitrogens is 1. The molecule has 1 amide bonds. The third kappa shape index (κ3) is 4.32. The molecule has 2 N–H and O–H groups in total. The van der Waals surface area contributed by atoms with Gasteiger partial charge in [-0.1, -0.05) is 60.6 Å². The fourth-order valence-electron chi connectivity index (χ4n) is 2.74. The van der Waals surface area contributed by atoms with Crippen molar-refractivity contribution in [3.63, 3.8) is 0 Å². The van der Waals surface area contributed by atoms with Crippen LogP contribution in [0.15, 0.2) is 47.6 Å². The number of rotatable bonds is 6. The van der Waals surface area contributed by atoms with Gasteiger partial charge in [0, 0.05) is 11.3 Å². The van der Waals surface area contributed by atoms with Crippen LogP contribution in [0, 0.1) is 13.8 Å². The van der Waals surface area contributed by atoms with Crippen LogP contribution in [0.1, 0.15) is 23.6 Å². The highest BCUT2D eigenvalue weighted by Crippen LogP contribution is 2.23. The Morgan fingerprint density at radius 3 is 2.77 bits per heavy atom. The first-order valence-electron chi connectivity index (χ1n) is 8.57. The van der Waals surface area contributed by atoms with E-state index in [-0.39, 0.29) is 11.7 Å². The topological polar surface area (TPSA) is 70.7 Å². The summed E-state index contributed by atoms with van der Waals surface area (Å²) in [5.74, 6) is 0.924. The highest BCUT2D eigenvalue weighted by Gasteiger charge is 2.12. The molecule has 0 aliphatic rings. The van der Waals surface area contributed by atoms with Crippen molar-refractivity contribution in [2.75, 3.05) is 11.1 Å². The first-order valence-corrected chi connectivity index (χ1v) is 9.56. The Morgan fingerprint density at radius 1 is 1.19 bits per heavy atom. The monoisotopic (exact) mass is 366 g/mol. The number of aromatic nitrogens is 3. The molecule has 0 saturated heterocycles. The zero-order valence-corrected chi connectivity index (χ0v) is 16.0. The molecule has 0 fully saturated rings. The van der Waals surface area contributed by atoms with Gasteiger partial charge >= 0.3 is 0 Å². The maximum absolute atomic E-state index is 12.3. The summed E-state index contributed by atoms with van der Waals surface area (Å²) in [5.41, 5.74) is 5.28. The van der Waals surface area contributed by atoms with Gasteiger partial charge in [0.2, 0.25) is 11.1 Å². The van der Waals surface area contributed by atoms with Crippen molar-refractivity contribution >= 4 is 23.4 Å². The molecular formula is C20H22N4OS. The summed E-state index contributed by atoms with van der Waals surface area (Å²) in [6.45, 7) is 6.13. The molecular weight excluding hydrogens is 344 g/mol. The summed E-state index contributed by atoms with van der Waals surface area (Å²) in [5, 5.41) is 10.7. The van der Waals surface area contributed by atoms with E-state index < -0.39 is 0 Å². The molecule has 3 rings (SSSR count). The van der Waals surface area contributed by atoms with Crippen LogP contribution in [0.4, 0.5) is 5.69 Å². The highest BCUT2D eigenvalue weighted by atomic mass is 32.2. The maximum atomic E-state index is 12.3. The third-order valence-electron chi connectivity index (χ3n) is 4.09. The Balaban J connectivity index is 1.62. The van der Waals surface area contributed by atoms with Gasteiger partial charge in [-0.2, -0.15) is 0 Å². The molecule has 26 heavy (non-hydrogen) atoms. The number of nitrogens with zero attached hydrogens (tertiary/aromatic N) is 2. The van der Waals surface area contributed by atoms with Gasteiger partial charge in [0.15, 0.2) is 5.82 Å². The Labute approximate surface area is 157 Å². The second-order valence-electron chi connectivity index (χ2n) is 6.14. The zero-order valence-electron chi connectivity index (χ0n) is 15.2. The molecule has 0 saturated carbocycles. The SMILES string of the molecule is CCc1cccc(C)c1NC(=O)CSc1n[nH]c(-c2cccc(C)c2)n1. The van der Waals surface area contributed by atoms with E-state index in [4.69, 9.17) is 0 Å². The molecule has 6 heteroatoms. The van der Waals surface area contributed by atoms with Crippen LogP contribution in [-0.4, -0.2) is 26.8 Å². The van der Waals surface area contributed by atoms with Crippen molar-refractivity contribution in [1.29, 1.82) is 0 Å². The molecule has 0 unspecified atom stereocenters. The first kappa shape index (κ1) is 18.2. The van der Waals surface area contributed by atoms with Crippen molar-refractivity contribution in [2.24, 2.45) is 0 Å². The van der Waals surface area contributed by atoms with Crippen LogP contribution in [0.2, 0.25) is 0 Å². The van der Waals surface area contributed by atoms with Crippen LogP contribution >= 0.6 is 11.8 Å². The molecule has 0 aliphatic carbocycles. The number of nitrogens with one attached hydrogen (secondary N) is 2. The van der Waals surface area contributed by atoms with Crippen molar-refractivity contribution < 1.29 is 4.79 Å². The Hall–Kier alpha value is -2.60. The number of benzene rings is 2. The van der Waals surface area contributed by atoms with E-state index in [0.717, 1.165) is 34.4 Å². The van der Waals surface area contributed by atoms with Gasteiger partial charge in [0.25, 0.3) is 0 Å². The standard InChI is InChI=1S/C20H22N4OS/c1-4-15-9-6-8-14(3)18(15)21-17(25)12-26-20-22-19(23-24-20)16-10-5-7-13(2)11-16/h5-11H,4,12H2,1-3H3,(H,21,25)(H,22,23,24). The number of aromatic amines is 1. The van der Waals surface area contributed by atoms with Gasteiger partial charge in [-0.3, -0.25) is 9.89 Å². The Kier molecular flexibility index (Phi) is 5.73. The summed E-state index contributed by atoms with van der Waals surface area (Å²) < 4.78 is 0. The van der Waals surface area contributed by atoms with Gasteiger partial charge < -0.3 is 5.32 Å². The van der Waals surface area contributed by atoms with Crippen molar-refractivity contribution in [3.8, 4) is 11.4 Å². The number of carbonyl (C=O) groups is 1. The summed E-state index contributed by atoms with van der Waals surface area (Å²) >= 11 is 1.32. The smallest absolute Gasteiger partial charge is 0.234 e. The molecule has 3 aromatic rings. The lowest BCUT2D eigenvalue weighted by Crippen LogP contribution is -2.16. The van der Waals surface area contributed by atoms with E-state index in [1.807, 2.05) is 56.3 Å². The van der Waals surface area contributed by atoms with Crippen LogP contribution in [0.5, 0.6) is 0 Å². The van der Waals surface area contributed by atoms with Crippen LogP contribution in [-0.2, 0) is 11.2 Å². The summed E-state index contributed by atoms with van der Waals surface area (Å²) in [4.78, 5) is 16.8. The molecule has 0 atom stereocenters. The van der Waals surface area contributed by atoms with E-state index in [1.54, 1.807) is 0 Å². The summed E-state index contributed by atoms with van der Waals surface area (Å²) in [7, 11) is 0. The third-order valence-corrected chi connectivity index (χ3v) is 4.94. The van der Waals surface area contributed by atoms with Crippen molar-refractivity contribution in [2.45, 2.75) is 32.3 Å². The molecule has 2 aromatic carbocycles. The maximum Gasteiger partial charge on any atom is 0.234 e. The molecule has 0 radical (unpaired) electrons. The fourth-order valence-corrected chi connectivity index (χ4v) is 3.34. The Morgan fingerprint density at radius 2 is 2.00 bits per heavy atom. The largest absolute Gasteiger partial charge is 0.325 e. The van der Waals surface area contributed by atoms with E-state index in [2.05, 4.69) is 27.4 Å². The molecule has 5 nitrogen and oxygen atoms in total. The minimum absolute atomic E-state index is 0.0547. The molecule has 0 bridgehead atoms. The lowest BCUT2D eigenvalue weighted by Gasteiger charge is -2.12. The second-order valence-corrected chi connectivity index (χ2v) is 7.08. The van der Waals surface area contributed by atoms with Gasteiger partial charge in [-0.25, -0.2) is 4.98 Å². The van der Waals surface area contributed by atoms with Gasteiger partial charge in [-0.05, 0) is 37.5 Å². The number of carbonyl (C=O) groups excluding carboxylic acids is 1. The number of amides is 1. The quantitative estimate of drug-likeness (QED) is 0.635. The van der Waals surface area contributed by atoms with E-state index in [0.29, 0.717) is 11.0 Å². The Bertz CT molecular complexity index is 920. The second kappa shape index (κ2) is 8.19. The van der Waals surface area contributed by atoms with E-state index in [1.165, 1.54) is 11.8 Å². The molecule has 1 heterocycles. The van der Waals surface area contributed by atoms with E-state index in [9.17, 15) is 4.79 Å². The first-order chi connectivity index (χ1) is 12.6. The molecule has 0 aliphatic heterocycles. The van der Waals surface area contributed by atoms with E-state index >= 15 is 0 Å². The highest BCUT2D eigenvalue weighted by molar-refractivity contribution is 7.99. The zero-order chi connectivity index (χ0) is 18.5. The molecule has 134 valence electrons. The minimum Gasteiger partial charge on any atom is -0.325 e. The predicted molar refractivity (Wildman–Crippen MR) is 106 cm³/mol. The average Bonchev–Trinajstić information content (AvgIpc) is 3.11. The lowest BCUT2D eigenvalue weighted by atomic mass is 10.1. The number of hydrogen-bond acceptors (Lipinski definition) is 4. The van der Waals surface area contributed by atoms with Crippen LogP contribution in [0.3, 0.4) is 0 Å². The predicted octanol–water partition coefficient (Wildman–Crippen LogP) is 4.38. The number of aryl methyl sites for hydroxylation is 3. The fraction of sp³-hybridized carbons (Fsp3) is 0.250. The van der Waals surface area contributed by atoms with Gasteiger partial charge in [0.1, 0.15) is 0 Å². The summed E-state index contributed by atoms with van der Waals surface area (Å²) in [6, 6.07) is 14.1. The van der Waals surface area contributed by atoms with Crippen molar-refractivity contribution in [1.82, 2.24) is 15.2 Å². The van der Waals surface area contributed by atoms with Crippen molar-refractivity contribution in [3.05, 3.63) is 59.2 Å². The lowest BCUT2D eigenvalue weighted by molar-refractivity contribution is -0.113. The van der Waals surface area contributed by atoms with Gasteiger partial charge in [-0.15, -0.1) is 5.10 Å². The number of para-hydroxylation sites is 1. The van der Waals surface area contributed by atoms with Gasteiger partial charge in [0.05, 0.1) is 5.75 Å². The number of anilines is 1. The molecule has 1 aromatic heterocycles.